The summed E-state index contributed by atoms with van der Waals surface area (Å²) < 4.78 is 48.2. The topological polar surface area (TPSA) is 32.3 Å². The second kappa shape index (κ2) is 9.25. The highest BCUT2D eigenvalue weighted by Gasteiger charge is 2.47. The molecule has 1 heterocycles. The number of hydrogen-bond donors (Lipinski definition) is 1. The van der Waals surface area contributed by atoms with Crippen molar-refractivity contribution in [3.63, 3.8) is 0 Å². The number of benzene rings is 2. The SMILES string of the molecule is CCSN[C@H]1C(F)CN(C(=O)C2CC2)[C@H]1Cc1cccc(-c2cccc(C)c2F)c1F. The van der Waals surface area contributed by atoms with Gasteiger partial charge in [-0.2, -0.15) is 0 Å². The smallest absolute Gasteiger partial charge is 0.226 e. The Kier molecular flexibility index (Phi) is 6.63. The van der Waals surface area contributed by atoms with E-state index < -0.39 is 29.9 Å². The van der Waals surface area contributed by atoms with Crippen LogP contribution in [-0.4, -0.2) is 41.4 Å². The molecule has 0 bridgehead atoms. The number of nitrogens with zero attached hydrogens (tertiary/aromatic N) is 1. The Labute approximate surface area is 185 Å². The van der Waals surface area contributed by atoms with E-state index in [1.807, 2.05) is 6.92 Å². The monoisotopic (exact) mass is 448 g/mol. The molecular formula is C24H27F3N2OS. The van der Waals surface area contributed by atoms with Crippen molar-refractivity contribution in [2.75, 3.05) is 12.3 Å². The molecule has 2 aromatic carbocycles. The summed E-state index contributed by atoms with van der Waals surface area (Å²) in [6, 6.07) is 8.71. The van der Waals surface area contributed by atoms with Crippen LogP contribution >= 0.6 is 11.9 Å². The van der Waals surface area contributed by atoms with Gasteiger partial charge >= 0.3 is 0 Å². The van der Waals surface area contributed by atoms with Crippen molar-refractivity contribution >= 4 is 17.9 Å². The van der Waals surface area contributed by atoms with Crippen LogP contribution in [0.15, 0.2) is 36.4 Å². The van der Waals surface area contributed by atoms with Crippen LogP contribution in [-0.2, 0) is 11.2 Å². The van der Waals surface area contributed by atoms with E-state index in [0.717, 1.165) is 18.6 Å². The fraction of sp³-hybridized carbons (Fsp3) is 0.458. The summed E-state index contributed by atoms with van der Waals surface area (Å²) in [7, 11) is 0. The number of nitrogens with one attached hydrogen (secondary N) is 1. The van der Waals surface area contributed by atoms with Crippen LogP contribution in [0.4, 0.5) is 13.2 Å². The third-order valence-corrected chi connectivity index (χ3v) is 6.87. The first-order chi connectivity index (χ1) is 14.9. The van der Waals surface area contributed by atoms with Gasteiger partial charge in [0, 0.05) is 22.8 Å². The minimum atomic E-state index is -1.22. The Hall–Kier alpha value is -1.99. The molecule has 3 nitrogen and oxygen atoms in total. The lowest BCUT2D eigenvalue weighted by Gasteiger charge is -2.29. The highest BCUT2D eigenvalue weighted by atomic mass is 32.2. The molecule has 1 aliphatic heterocycles. The van der Waals surface area contributed by atoms with Gasteiger partial charge in [0.25, 0.3) is 0 Å². The van der Waals surface area contributed by atoms with Crippen LogP contribution in [0.25, 0.3) is 11.1 Å². The predicted molar refractivity (Wildman–Crippen MR) is 118 cm³/mol. The molecule has 1 N–H and O–H groups in total. The quantitative estimate of drug-likeness (QED) is 0.601. The number of rotatable bonds is 7. The zero-order chi connectivity index (χ0) is 22.1. The van der Waals surface area contributed by atoms with Crippen molar-refractivity contribution < 1.29 is 18.0 Å². The summed E-state index contributed by atoms with van der Waals surface area (Å²) in [5, 5.41) is 0. The van der Waals surface area contributed by atoms with Crippen LogP contribution in [0, 0.1) is 24.5 Å². The van der Waals surface area contributed by atoms with Gasteiger partial charge in [0.05, 0.1) is 18.6 Å². The summed E-state index contributed by atoms with van der Waals surface area (Å²) in [6.45, 7) is 3.63. The van der Waals surface area contributed by atoms with E-state index in [-0.39, 0.29) is 35.9 Å². The summed E-state index contributed by atoms with van der Waals surface area (Å²) in [5.74, 6) is -0.296. The summed E-state index contributed by atoms with van der Waals surface area (Å²) in [4.78, 5) is 14.4. The molecule has 3 atom stereocenters. The number of aryl methyl sites for hydroxylation is 1. The van der Waals surface area contributed by atoms with Crippen LogP contribution in [0.1, 0.15) is 30.9 Å². The predicted octanol–water partition coefficient (Wildman–Crippen LogP) is 5.07. The number of hydrogen-bond acceptors (Lipinski definition) is 3. The van der Waals surface area contributed by atoms with Gasteiger partial charge in [-0.25, -0.2) is 13.2 Å². The van der Waals surface area contributed by atoms with E-state index in [9.17, 15) is 13.6 Å². The molecule has 7 heteroatoms. The molecule has 1 unspecified atom stereocenters. The van der Waals surface area contributed by atoms with Gasteiger partial charge in [0.2, 0.25) is 5.91 Å². The lowest BCUT2D eigenvalue weighted by Crippen LogP contribution is -2.46. The average molecular weight is 449 g/mol. The van der Waals surface area contributed by atoms with Gasteiger partial charge in [0.15, 0.2) is 0 Å². The van der Waals surface area contributed by atoms with Gasteiger partial charge in [-0.3, -0.25) is 9.52 Å². The number of carbonyl (C=O) groups excluding carboxylic acids is 1. The Morgan fingerprint density at radius 2 is 1.81 bits per heavy atom. The van der Waals surface area contributed by atoms with Gasteiger partial charge in [-0.15, -0.1) is 0 Å². The number of carbonyl (C=O) groups is 1. The Morgan fingerprint density at radius 1 is 1.13 bits per heavy atom. The molecule has 4 rings (SSSR count). The van der Waals surface area contributed by atoms with E-state index >= 15 is 4.39 Å². The molecule has 1 aliphatic carbocycles. The summed E-state index contributed by atoms with van der Waals surface area (Å²) in [6.07, 6.45) is 0.620. The maximum atomic E-state index is 15.5. The molecular weight excluding hydrogens is 421 g/mol. The standard InChI is InChI=1S/C24H27F3N2OS/c1-3-31-28-23-19(25)13-29(24(30)15-10-11-15)20(23)12-16-7-5-9-18(22(16)27)17-8-4-6-14(2)21(17)26/h4-9,15,19-20,23,28H,3,10-13H2,1-2H3/t19?,20-,23-/m0/s1. The Morgan fingerprint density at radius 3 is 2.48 bits per heavy atom. The zero-order valence-electron chi connectivity index (χ0n) is 17.7. The Bertz CT molecular complexity index is 966. The molecule has 0 aromatic heterocycles. The van der Waals surface area contributed by atoms with E-state index in [0.29, 0.717) is 11.1 Å². The van der Waals surface area contributed by atoms with Crippen molar-refractivity contribution in [1.29, 1.82) is 0 Å². The van der Waals surface area contributed by atoms with Crippen LogP contribution < -0.4 is 4.72 Å². The molecule has 2 fully saturated rings. The van der Waals surface area contributed by atoms with Gasteiger partial charge < -0.3 is 4.90 Å². The maximum Gasteiger partial charge on any atom is 0.226 e. The normalized spacial score (nSPS) is 23.4. The molecule has 0 spiro atoms. The molecule has 1 amide bonds. The van der Waals surface area contributed by atoms with Gasteiger partial charge in [-0.1, -0.05) is 55.3 Å². The zero-order valence-corrected chi connectivity index (χ0v) is 18.5. The van der Waals surface area contributed by atoms with Crippen LogP contribution in [0.2, 0.25) is 0 Å². The highest BCUT2D eigenvalue weighted by Crippen LogP contribution is 2.36. The lowest BCUT2D eigenvalue weighted by atomic mass is 9.95. The first-order valence-corrected chi connectivity index (χ1v) is 11.8. The van der Waals surface area contributed by atoms with E-state index in [1.165, 1.54) is 11.9 Å². The first-order valence-electron chi connectivity index (χ1n) is 10.8. The molecule has 2 aromatic rings. The second-order valence-electron chi connectivity index (χ2n) is 8.34. The molecule has 166 valence electrons. The largest absolute Gasteiger partial charge is 0.334 e. The fourth-order valence-corrected chi connectivity index (χ4v) is 4.95. The highest BCUT2D eigenvalue weighted by molar-refractivity contribution is 7.97. The van der Waals surface area contributed by atoms with E-state index in [2.05, 4.69) is 4.72 Å². The van der Waals surface area contributed by atoms with E-state index in [1.54, 1.807) is 48.2 Å². The van der Waals surface area contributed by atoms with Crippen molar-refractivity contribution in [3.8, 4) is 11.1 Å². The minimum absolute atomic E-state index is 0.0236. The van der Waals surface area contributed by atoms with Crippen LogP contribution in [0.5, 0.6) is 0 Å². The first kappa shape index (κ1) is 22.2. The summed E-state index contributed by atoms with van der Waals surface area (Å²) in [5.41, 5.74) is 1.19. The number of alkyl halides is 1. The number of likely N-dealkylation sites (tertiary alicyclic amines) is 1. The van der Waals surface area contributed by atoms with Crippen molar-refractivity contribution in [2.45, 2.75) is 51.4 Å². The van der Waals surface area contributed by atoms with Crippen molar-refractivity contribution in [2.24, 2.45) is 5.92 Å². The fourth-order valence-electron chi connectivity index (χ4n) is 4.29. The van der Waals surface area contributed by atoms with Gasteiger partial charge in [-0.05, 0) is 37.3 Å². The number of halogens is 3. The summed E-state index contributed by atoms with van der Waals surface area (Å²) >= 11 is 1.40. The van der Waals surface area contributed by atoms with Crippen LogP contribution in [0.3, 0.4) is 0 Å². The minimum Gasteiger partial charge on any atom is -0.334 e. The molecule has 1 saturated carbocycles. The average Bonchev–Trinajstić information content (AvgIpc) is 3.55. The van der Waals surface area contributed by atoms with Crippen molar-refractivity contribution in [3.05, 3.63) is 59.2 Å². The number of amides is 1. The van der Waals surface area contributed by atoms with E-state index in [4.69, 9.17) is 0 Å². The Balaban J connectivity index is 1.66. The lowest BCUT2D eigenvalue weighted by molar-refractivity contribution is -0.133. The molecule has 31 heavy (non-hydrogen) atoms. The molecule has 0 radical (unpaired) electrons. The third kappa shape index (κ3) is 4.48. The second-order valence-corrected chi connectivity index (χ2v) is 9.45. The van der Waals surface area contributed by atoms with Crippen molar-refractivity contribution in [1.82, 2.24) is 9.62 Å². The molecule has 1 saturated heterocycles. The molecule has 2 aliphatic rings. The van der Waals surface area contributed by atoms with Gasteiger partial charge in [0.1, 0.15) is 17.8 Å². The third-order valence-electron chi connectivity index (χ3n) is 6.14. The maximum absolute atomic E-state index is 15.5.